The predicted molar refractivity (Wildman–Crippen MR) is 127 cm³/mol. The van der Waals surface area contributed by atoms with Crippen LogP contribution >= 0.6 is 0 Å². The van der Waals surface area contributed by atoms with Crippen LogP contribution in [0.3, 0.4) is 0 Å². The maximum atomic E-state index is 13.9. The van der Waals surface area contributed by atoms with Crippen LogP contribution in [-0.4, -0.2) is 51.1 Å². The van der Waals surface area contributed by atoms with Gasteiger partial charge in [0.25, 0.3) is 11.8 Å². The van der Waals surface area contributed by atoms with E-state index >= 15 is 0 Å². The molecule has 1 saturated heterocycles. The van der Waals surface area contributed by atoms with Crippen LogP contribution < -0.4 is 19.1 Å². The van der Waals surface area contributed by atoms with Gasteiger partial charge in [0.05, 0.1) is 32.6 Å². The maximum absolute atomic E-state index is 13.9. The second-order valence-corrected chi connectivity index (χ2v) is 8.58. The number of carbonyl (C=O) groups is 2. The summed E-state index contributed by atoms with van der Waals surface area (Å²) in [6.45, 7) is 5.59. The van der Waals surface area contributed by atoms with Crippen LogP contribution in [-0.2, 0) is 9.59 Å². The normalized spacial score (nSPS) is 17.1. The van der Waals surface area contributed by atoms with E-state index in [-0.39, 0.29) is 11.8 Å². The van der Waals surface area contributed by atoms with E-state index in [0.717, 1.165) is 31.5 Å². The molecule has 1 fully saturated rings. The van der Waals surface area contributed by atoms with Crippen molar-refractivity contribution in [3.05, 3.63) is 53.2 Å². The molecule has 0 N–H and O–H groups in total. The molecule has 0 bridgehead atoms. The maximum Gasteiger partial charge on any atom is 0.282 e. The Morgan fingerprint density at radius 2 is 1.45 bits per heavy atom. The summed E-state index contributed by atoms with van der Waals surface area (Å²) in [6.07, 6.45) is 1.94. The van der Waals surface area contributed by atoms with Crippen molar-refractivity contribution in [3.8, 4) is 17.2 Å². The van der Waals surface area contributed by atoms with Gasteiger partial charge in [-0.15, -0.1) is 0 Å². The number of hydrogen-bond donors (Lipinski definition) is 0. The van der Waals surface area contributed by atoms with E-state index < -0.39 is 0 Å². The minimum Gasteiger partial charge on any atom is -0.495 e. The van der Waals surface area contributed by atoms with Gasteiger partial charge in [0.1, 0.15) is 11.4 Å². The van der Waals surface area contributed by atoms with Crippen molar-refractivity contribution in [3.63, 3.8) is 0 Å². The zero-order chi connectivity index (χ0) is 23.7. The van der Waals surface area contributed by atoms with Crippen molar-refractivity contribution < 1.29 is 23.8 Å². The Morgan fingerprint density at radius 1 is 0.818 bits per heavy atom. The molecule has 2 aromatic rings. The SMILES string of the molecule is COc1ccc(C2=C(N3CCC(C)CC3)C(=O)N(c3cc(C)ccc3OC)C2=O)cc1OC. The third kappa shape index (κ3) is 4.03. The molecule has 0 aromatic heterocycles. The lowest BCUT2D eigenvalue weighted by molar-refractivity contribution is -0.120. The number of likely N-dealkylation sites (tertiary alicyclic amines) is 1. The molecule has 0 spiro atoms. The number of nitrogens with zero attached hydrogens (tertiary/aromatic N) is 2. The van der Waals surface area contributed by atoms with Gasteiger partial charge >= 0.3 is 0 Å². The van der Waals surface area contributed by atoms with E-state index in [4.69, 9.17) is 14.2 Å². The fourth-order valence-electron chi connectivity index (χ4n) is 4.49. The van der Waals surface area contributed by atoms with Gasteiger partial charge in [-0.25, -0.2) is 4.90 Å². The molecule has 4 rings (SSSR count). The molecule has 0 aliphatic carbocycles. The molecule has 0 atom stereocenters. The van der Waals surface area contributed by atoms with Gasteiger partial charge in [-0.3, -0.25) is 9.59 Å². The number of imide groups is 1. The predicted octanol–water partition coefficient (Wildman–Crippen LogP) is 4.04. The standard InChI is InChI=1S/C26H30N2O5/c1-16-10-12-27(13-11-16)24-23(18-7-9-21(32-4)22(15-18)33-5)25(29)28(26(24)30)19-14-17(2)6-8-20(19)31-3/h6-9,14-16H,10-13H2,1-5H3. The second-order valence-electron chi connectivity index (χ2n) is 8.58. The molecule has 2 heterocycles. The van der Waals surface area contributed by atoms with Crippen molar-refractivity contribution in [1.29, 1.82) is 0 Å². The van der Waals surface area contributed by atoms with Crippen LogP contribution in [0.2, 0.25) is 0 Å². The van der Waals surface area contributed by atoms with Gasteiger partial charge in [-0.1, -0.05) is 19.1 Å². The lowest BCUT2D eigenvalue weighted by Crippen LogP contribution is -2.38. The van der Waals surface area contributed by atoms with Crippen LogP contribution in [0.5, 0.6) is 17.2 Å². The number of piperidine rings is 1. The van der Waals surface area contributed by atoms with Gasteiger partial charge in [-0.2, -0.15) is 0 Å². The minimum atomic E-state index is -0.371. The van der Waals surface area contributed by atoms with Gasteiger partial charge in [0.15, 0.2) is 11.5 Å². The lowest BCUT2D eigenvalue weighted by Gasteiger charge is -2.32. The van der Waals surface area contributed by atoms with Crippen molar-refractivity contribution in [2.24, 2.45) is 5.92 Å². The van der Waals surface area contributed by atoms with E-state index in [0.29, 0.717) is 45.7 Å². The molecule has 0 unspecified atom stereocenters. The van der Waals surface area contributed by atoms with Gasteiger partial charge in [-0.05, 0) is 61.1 Å². The molecule has 7 nitrogen and oxygen atoms in total. The average molecular weight is 451 g/mol. The van der Waals surface area contributed by atoms with Crippen LogP contribution in [0.25, 0.3) is 5.57 Å². The van der Waals surface area contributed by atoms with Gasteiger partial charge in [0, 0.05) is 13.1 Å². The topological polar surface area (TPSA) is 68.3 Å². The molecule has 2 amide bonds. The minimum absolute atomic E-state index is 0.330. The monoisotopic (exact) mass is 450 g/mol. The fraction of sp³-hybridized carbons (Fsp3) is 0.385. The number of aryl methyl sites for hydroxylation is 1. The third-order valence-corrected chi connectivity index (χ3v) is 6.41. The number of hydrogen-bond acceptors (Lipinski definition) is 6. The first kappa shape index (κ1) is 22.7. The summed E-state index contributed by atoms with van der Waals surface area (Å²) >= 11 is 0. The van der Waals surface area contributed by atoms with Crippen LogP contribution in [0.4, 0.5) is 5.69 Å². The van der Waals surface area contributed by atoms with E-state index in [1.807, 2.05) is 19.1 Å². The summed E-state index contributed by atoms with van der Waals surface area (Å²) in [5, 5.41) is 0. The van der Waals surface area contributed by atoms with Gasteiger partial charge in [0.2, 0.25) is 0 Å². The zero-order valence-electron chi connectivity index (χ0n) is 19.8. The summed E-state index contributed by atoms with van der Waals surface area (Å²) in [5.41, 5.74) is 2.81. The van der Waals surface area contributed by atoms with E-state index in [2.05, 4.69) is 11.8 Å². The summed E-state index contributed by atoms with van der Waals surface area (Å²) in [6, 6.07) is 10.8. The van der Waals surface area contributed by atoms with Crippen LogP contribution in [0.15, 0.2) is 42.1 Å². The average Bonchev–Trinajstić information content (AvgIpc) is 3.08. The number of rotatable bonds is 6. The van der Waals surface area contributed by atoms with E-state index in [9.17, 15) is 9.59 Å². The molecule has 2 aromatic carbocycles. The van der Waals surface area contributed by atoms with Crippen molar-refractivity contribution in [2.45, 2.75) is 26.7 Å². The first-order valence-corrected chi connectivity index (χ1v) is 11.1. The Hall–Kier alpha value is -3.48. The number of anilines is 1. The van der Waals surface area contributed by atoms with Gasteiger partial charge < -0.3 is 19.1 Å². The molecule has 0 saturated carbocycles. The molecule has 7 heteroatoms. The number of amides is 2. The summed E-state index contributed by atoms with van der Waals surface area (Å²) in [5.74, 6) is 1.42. The van der Waals surface area contributed by atoms with Crippen LogP contribution in [0, 0.1) is 12.8 Å². The Morgan fingerprint density at radius 3 is 2.09 bits per heavy atom. The Bertz CT molecular complexity index is 1120. The lowest BCUT2D eigenvalue weighted by atomic mass is 9.97. The Kier molecular flexibility index (Phi) is 6.31. The molecular weight excluding hydrogens is 420 g/mol. The molecular formula is C26H30N2O5. The Labute approximate surface area is 194 Å². The largest absolute Gasteiger partial charge is 0.495 e. The molecule has 33 heavy (non-hydrogen) atoms. The van der Waals surface area contributed by atoms with Crippen molar-refractivity contribution in [2.75, 3.05) is 39.3 Å². The quantitative estimate of drug-likeness (QED) is 0.619. The molecule has 2 aliphatic heterocycles. The highest BCUT2D eigenvalue weighted by atomic mass is 16.5. The zero-order valence-corrected chi connectivity index (χ0v) is 19.8. The van der Waals surface area contributed by atoms with E-state index in [1.165, 1.54) is 12.0 Å². The van der Waals surface area contributed by atoms with Crippen LogP contribution in [0.1, 0.15) is 30.9 Å². The first-order chi connectivity index (χ1) is 15.9. The summed E-state index contributed by atoms with van der Waals surface area (Å²) < 4.78 is 16.3. The highest BCUT2D eigenvalue weighted by Gasteiger charge is 2.44. The molecule has 174 valence electrons. The number of ether oxygens (including phenoxy) is 3. The second kappa shape index (κ2) is 9.17. The molecule has 2 aliphatic rings. The fourth-order valence-corrected chi connectivity index (χ4v) is 4.49. The summed E-state index contributed by atoms with van der Waals surface area (Å²) in [7, 11) is 4.65. The number of carbonyl (C=O) groups excluding carboxylic acids is 2. The summed E-state index contributed by atoms with van der Waals surface area (Å²) in [4.78, 5) is 31.0. The highest BCUT2D eigenvalue weighted by molar-refractivity contribution is 6.45. The van der Waals surface area contributed by atoms with Crippen molar-refractivity contribution in [1.82, 2.24) is 4.90 Å². The number of benzene rings is 2. The smallest absolute Gasteiger partial charge is 0.282 e. The molecule has 0 radical (unpaired) electrons. The number of methoxy groups -OCH3 is 3. The van der Waals surface area contributed by atoms with E-state index in [1.54, 1.807) is 38.5 Å². The highest BCUT2D eigenvalue weighted by Crippen LogP contribution is 2.41. The third-order valence-electron chi connectivity index (χ3n) is 6.41. The Balaban J connectivity index is 1.87. The first-order valence-electron chi connectivity index (χ1n) is 11.1. The van der Waals surface area contributed by atoms with Crippen molar-refractivity contribution >= 4 is 23.1 Å².